The van der Waals surface area contributed by atoms with Crippen molar-refractivity contribution in [3.05, 3.63) is 32.3 Å². The highest BCUT2D eigenvalue weighted by Crippen LogP contribution is 2.37. The Morgan fingerprint density at radius 3 is 2.45 bits per heavy atom. The molecule has 0 heterocycles. The molecule has 0 amide bonds. The fourth-order valence-corrected chi connectivity index (χ4v) is 2.10. The number of nitrogens with one attached hydrogen (secondary N) is 1. The fourth-order valence-electron chi connectivity index (χ4n) is 1.52. The Hall–Kier alpha value is -1.55. The summed E-state index contributed by atoms with van der Waals surface area (Å²) in [6.07, 6.45) is 0. The lowest BCUT2D eigenvalue weighted by Crippen LogP contribution is -2.46. The molecule has 0 aliphatic carbocycles. The largest absolute Gasteiger partial charge is 0.487 e. The lowest BCUT2D eigenvalue weighted by molar-refractivity contribution is -0.384. The summed E-state index contributed by atoms with van der Waals surface area (Å²) < 4.78 is 5.44. The van der Waals surface area contributed by atoms with E-state index in [0.717, 1.165) is 12.1 Å². The van der Waals surface area contributed by atoms with Gasteiger partial charge >= 0.3 is 0 Å². The van der Waals surface area contributed by atoms with Gasteiger partial charge in [0.25, 0.3) is 5.69 Å². The highest BCUT2D eigenvalue weighted by molar-refractivity contribution is 6.37. The van der Waals surface area contributed by atoms with E-state index in [1.807, 2.05) is 6.92 Å². The van der Waals surface area contributed by atoms with Crippen molar-refractivity contribution >= 4 is 28.9 Å². The maximum absolute atomic E-state index is 10.7. The number of nitriles is 1. The van der Waals surface area contributed by atoms with Crippen LogP contribution in [0.15, 0.2) is 12.1 Å². The topological polar surface area (TPSA) is 88.2 Å². The quantitative estimate of drug-likeness (QED) is 0.643. The van der Waals surface area contributed by atoms with Crippen LogP contribution >= 0.6 is 23.2 Å². The summed E-state index contributed by atoms with van der Waals surface area (Å²) >= 11 is 11.8. The highest BCUT2D eigenvalue weighted by atomic mass is 35.5. The summed E-state index contributed by atoms with van der Waals surface area (Å²) in [4.78, 5) is 10.1. The molecular weight excluding hydrogens is 305 g/mol. The van der Waals surface area contributed by atoms with Crippen molar-refractivity contribution in [1.29, 1.82) is 5.26 Å². The van der Waals surface area contributed by atoms with E-state index in [2.05, 4.69) is 11.4 Å². The molecule has 1 N–H and O–H groups in total. The smallest absolute Gasteiger partial charge is 0.272 e. The van der Waals surface area contributed by atoms with Gasteiger partial charge in [0.15, 0.2) is 5.75 Å². The molecule has 0 fully saturated rings. The van der Waals surface area contributed by atoms with Gasteiger partial charge in [-0.05, 0) is 13.5 Å². The summed E-state index contributed by atoms with van der Waals surface area (Å²) in [7, 11) is 0. The molecule has 0 aliphatic rings. The molecule has 0 saturated carbocycles. The molecule has 0 aliphatic heterocycles. The second-order valence-corrected chi connectivity index (χ2v) is 5.07. The monoisotopic (exact) mass is 317 g/mol. The minimum Gasteiger partial charge on any atom is -0.487 e. The van der Waals surface area contributed by atoms with Crippen LogP contribution in [0, 0.1) is 21.4 Å². The Labute approximate surface area is 126 Å². The number of nitro benzene ring substituents is 1. The summed E-state index contributed by atoms with van der Waals surface area (Å²) in [5, 5.41) is 22.8. The first-order valence-corrected chi connectivity index (χ1v) is 6.51. The van der Waals surface area contributed by atoms with Crippen molar-refractivity contribution in [2.24, 2.45) is 0 Å². The van der Waals surface area contributed by atoms with Crippen LogP contribution in [0.5, 0.6) is 5.75 Å². The van der Waals surface area contributed by atoms with Gasteiger partial charge in [-0.3, -0.25) is 15.4 Å². The third-order valence-electron chi connectivity index (χ3n) is 2.51. The molecule has 1 rings (SSSR count). The number of likely N-dealkylation sites (N-methyl/N-ethyl adjacent to an activating group) is 1. The number of ether oxygens (including phenoxy) is 1. The van der Waals surface area contributed by atoms with Gasteiger partial charge in [-0.1, -0.05) is 30.1 Å². The average Bonchev–Trinajstić information content (AvgIpc) is 2.37. The number of non-ortho nitro benzene ring substituents is 1. The second-order valence-electron chi connectivity index (χ2n) is 4.26. The Morgan fingerprint density at radius 2 is 2.05 bits per heavy atom. The molecule has 0 spiro atoms. The maximum Gasteiger partial charge on any atom is 0.272 e. The zero-order chi connectivity index (χ0) is 15.3. The SMILES string of the molecule is CCNC(C)(C#N)COc1c(Cl)cc([N+](=O)[O-])cc1Cl. The molecule has 1 unspecified atom stereocenters. The van der Waals surface area contributed by atoms with E-state index >= 15 is 0 Å². The van der Waals surface area contributed by atoms with Gasteiger partial charge in [-0.25, -0.2) is 0 Å². The van der Waals surface area contributed by atoms with E-state index in [1.54, 1.807) is 6.92 Å². The summed E-state index contributed by atoms with van der Waals surface area (Å²) in [6.45, 7) is 4.13. The summed E-state index contributed by atoms with van der Waals surface area (Å²) in [5.41, 5.74) is -1.12. The number of halogens is 2. The van der Waals surface area contributed by atoms with Crippen LogP contribution in [-0.4, -0.2) is 23.6 Å². The van der Waals surface area contributed by atoms with E-state index in [9.17, 15) is 10.1 Å². The van der Waals surface area contributed by atoms with Crippen LogP contribution in [0.4, 0.5) is 5.69 Å². The Kier molecular flexibility index (Phi) is 5.57. The van der Waals surface area contributed by atoms with Gasteiger partial charge in [-0.2, -0.15) is 5.26 Å². The van der Waals surface area contributed by atoms with Gasteiger partial charge < -0.3 is 4.74 Å². The third-order valence-corrected chi connectivity index (χ3v) is 3.07. The van der Waals surface area contributed by atoms with E-state index < -0.39 is 10.5 Å². The Balaban J connectivity index is 2.94. The molecular formula is C12H13Cl2N3O3. The molecule has 1 aromatic rings. The average molecular weight is 318 g/mol. The first-order chi connectivity index (χ1) is 9.33. The molecule has 0 saturated heterocycles. The normalized spacial score (nSPS) is 13.3. The van der Waals surface area contributed by atoms with E-state index in [-0.39, 0.29) is 28.1 Å². The summed E-state index contributed by atoms with van der Waals surface area (Å²) in [6, 6.07) is 4.39. The van der Waals surface area contributed by atoms with Gasteiger partial charge in [-0.15, -0.1) is 0 Å². The fraction of sp³-hybridized carbons (Fsp3) is 0.417. The predicted octanol–water partition coefficient (Wildman–Crippen LogP) is 3.17. The molecule has 108 valence electrons. The van der Waals surface area contributed by atoms with Crippen molar-refractivity contribution in [2.75, 3.05) is 13.2 Å². The predicted molar refractivity (Wildman–Crippen MR) is 76.3 cm³/mol. The lowest BCUT2D eigenvalue weighted by atomic mass is 10.1. The first kappa shape index (κ1) is 16.5. The standard InChI is InChI=1S/C12H13Cl2N3O3/c1-3-16-12(2,6-15)7-20-11-9(13)4-8(17(18)19)5-10(11)14/h4-5,16H,3,7H2,1-2H3. The molecule has 1 aromatic carbocycles. The van der Waals surface area contributed by atoms with Crippen molar-refractivity contribution in [3.8, 4) is 11.8 Å². The Bertz CT molecular complexity index is 536. The molecule has 0 aromatic heterocycles. The number of nitrogens with zero attached hydrogens (tertiary/aromatic N) is 2. The lowest BCUT2D eigenvalue weighted by Gasteiger charge is -2.23. The number of nitro groups is 1. The highest BCUT2D eigenvalue weighted by Gasteiger charge is 2.25. The van der Waals surface area contributed by atoms with Crippen molar-refractivity contribution in [2.45, 2.75) is 19.4 Å². The number of rotatable bonds is 6. The van der Waals surface area contributed by atoms with E-state index in [0.29, 0.717) is 6.54 Å². The minimum absolute atomic E-state index is 0.00852. The third kappa shape index (κ3) is 3.97. The van der Waals surface area contributed by atoms with E-state index in [1.165, 1.54) is 0 Å². The molecule has 6 nitrogen and oxygen atoms in total. The van der Waals surface area contributed by atoms with Gasteiger partial charge in [0.05, 0.1) is 21.0 Å². The Morgan fingerprint density at radius 1 is 1.50 bits per heavy atom. The molecule has 0 bridgehead atoms. The van der Waals surface area contributed by atoms with Crippen molar-refractivity contribution < 1.29 is 9.66 Å². The molecule has 8 heteroatoms. The van der Waals surface area contributed by atoms with Gasteiger partial charge in [0.1, 0.15) is 12.1 Å². The summed E-state index contributed by atoms with van der Waals surface area (Å²) in [5.74, 6) is 0.123. The number of hydrogen-bond donors (Lipinski definition) is 1. The number of benzene rings is 1. The zero-order valence-electron chi connectivity index (χ0n) is 10.9. The minimum atomic E-state index is -0.900. The molecule has 20 heavy (non-hydrogen) atoms. The van der Waals surface area contributed by atoms with Crippen LogP contribution in [0.3, 0.4) is 0 Å². The molecule has 0 radical (unpaired) electrons. The first-order valence-electron chi connectivity index (χ1n) is 5.75. The van der Waals surface area contributed by atoms with Gasteiger partial charge in [0, 0.05) is 12.1 Å². The number of hydrogen-bond acceptors (Lipinski definition) is 5. The van der Waals surface area contributed by atoms with E-state index in [4.69, 9.17) is 33.2 Å². The van der Waals surface area contributed by atoms with Crippen molar-refractivity contribution in [1.82, 2.24) is 5.32 Å². The van der Waals surface area contributed by atoms with Crippen LogP contribution in [0.25, 0.3) is 0 Å². The van der Waals surface area contributed by atoms with Crippen LogP contribution in [0.2, 0.25) is 10.0 Å². The van der Waals surface area contributed by atoms with Crippen LogP contribution in [0.1, 0.15) is 13.8 Å². The zero-order valence-corrected chi connectivity index (χ0v) is 12.5. The van der Waals surface area contributed by atoms with Crippen LogP contribution in [-0.2, 0) is 0 Å². The molecule has 1 atom stereocenters. The second kappa shape index (κ2) is 6.75. The van der Waals surface area contributed by atoms with Crippen molar-refractivity contribution in [3.63, 3.8) is 0 Å². The van der Waals surface area contributed by atoms with Gasteiger partial charge in [0.2, 0.25) is 0 Å². The maximum atomic E-state index is 10.7. The van der Waals surface area contributed by atoms with Crippen LogP contribution < -0.4 is 10.1 Å².